The van der Waals surface area contributed by atoms with Gasteiger partial charge in [0.1, 0.15) is 5.75 Å². The Balaban J connectivity index is 0.00000128. The molecule has 1 aromatic rings. The molecule has 2 nitrogen and oxygen atoms in total. The zero-order valence-corrected chi connectivity index (χ0v) is 11.7. The number of methoxy groups -OCH3 is 1. The molecule has 0 saturated carbocycles. The topological polar surface area (TPSA) is 21.3 Å². The van der Waals surface area contributed by atoms with E-state index < -0.39 is 0 Å². The van der Waals surface area contributed by atoms with Gasteiger partial charge in [0, 0.05) is 10.5 Å². The number of halogens is 2. The van der Waals surface area contributed by atoms with Gasteiger partial charge in [0.2, 0.25) is 0 Å². The van der Waals surface area contributed by atoms with Gasteiger partial charge in [-0.1, -0.05) is 22.4 Å². The third-order valence-electron chi connectivity index (χ3n) is 2.89. The molecule has 0 unspecified atom stereocenters. The van der Waals surface area contributed by atoms with Crippen molar-refractivity contribution in [3.8, 4) is 5.75 Å². The molecule has 1 N–H and O–H groups in total. The van der Waals surface area contributed by atoms with Crippen LogP contribution in [0.25, 0.3) is 0 Å². The van der Waals surface area contributed by atoms with Gasteiger partial charge in [-0.25, -0.2) is 0 Å². The number of hydrogen-bond donors (Lipinski definition) is 1. The molecule has 0 aliphatic carbocycles. The Hall–Kier alpha value is -0.250. The molecule has 16 heavy (non-hydrogen) atoms. The van der Waals surface area contributed by atoms with Crippen molar-refractivity contribution in [2.45, 2.75) is 25.3 Å². The van der Waals surface area contributed by atoms with E-state index in [-0.39, 0.29) is 12.4 Å². The fourth-order valence-electron chi connectivity index (χ4n) is 2.03. The van der Waals surface area contributed by atoms with Crippen LogP contribution in [0.1, 0.15) is 30.9 Å². The van der Waals surface area contributed by atoms with Crippen LogP contribution in [-0.4, -0.2) is 13.7 Å². The molecule has 2 rings (SSSR count). The van der Waals surface area contributed by atoms with Crippen molar-refractivity contribution in [2.24, 2.45) is 0 Å². The molecule has 1 saturated heterocycles. The summed E-state index contributed by atoms with van der Waals surface area (Å²) in [6.07, 6.45) is 3.81. The first-order chi connectivity index (χ1) is 7.31. The van der Waals surface area contributed by atoms with Crippen LogP contribution >= 0.6 is 28.3 Å². The Bertz CT molecular complexity index is 340. The van der Waals surface area contributed by atoms with Gasteiger partial charge in [0.05, 0.1) is 7.11 Å². The van der Waals surface area contributed by atoms with Crippen LogP contribution in [0.5, 0.6) is 5.75 Å². The molecule has 1 aliphatic heterocycles. The number of piperidine rings is 1. The van der Waals surface area contributed by atoms with E-state index in [1.165, 1.54) is 29.3 Å². The molecule has 0 bridgehead atoms. The van der Waals surface area contributed by atoms with Gasteiger partial charge in [-0.05, 0) is 43.1 Å². The second-order valence-electron chi connectivity index (χ2n) is 3.89. The van der Waals surface area contributed by atoms with Crippen LogP contribution in [-0.2, 0) is 0 Å². The summed E-state index contributed by atoms with van der Waals surface area (Å²) in [4.78, 5) is 0. The van der Waals surface area contributed by atoms with Crippen molar-refractivity contribution in [1.29, 1.82) is 0 Å². The first kappa shape index (κ1) is 13.8. The van der Waals surface area contributed by atoms with E-state index in [0.717, 1.165) is 12.3 Å². The van der Waals surface area contributed by atoms with E-state index in [1.54, 1.807) is 7.11 Å². The number of hydrogen-bond acceptors (Lipinski definition) is 2. The summed E-state index contributed by atoms with van der Waals surface area (Å²) in [5.41, 5.74) is 1.31. The Morgan fingerprint density at radius 3 is 2.81 bits per heavy atom. The predicted molar refractivity (Wildman–Crippen MR) is 72.5 cm³/mol. The van der Waals surface area contributed by atoms with Crippen LogP contribution < -0.4 is 10.1 Å². The summed E-state index contributed by atoms with van der Waals surface area (Å²) in [5.74, 6) is 0.931. The molecular formula is C12H17BrClNO. The zero-order valence-electron chi connectivity index (χ0n) is 9.33. The lowest BCUT2D eigenvalue weighted by molar-refractivity contribution is 0.399. The van der Waals surface area contributed by atoms with Gasteiger partial charge in [0.25, 0.3) is 0 Å². The van der Waals surface area contributed by atoms with E-state index in [4.69, 9.17) is 4.74 Å². The van der Waals surface area contributed by atoms with E-state index in [9.17, 15) is 0 Å². The molecular weight excluding hydrogens is 289 g/mol. The van der Waals surface area contributed by atoms with Gasteiger partial charge >= 0.3 is 0 Å². The minimum absolute atomic E-state index is 0. The first-order valence-electron chi connectivity index (χ1n) is 5.38. The summed E-state index contributed by atoms with van der Waals surface area (Å²) < 4.78 is 6.42. The van der Waals surface area contributed by atoms with E-state index in [0.29, 0.717) is 6.04 Å². The standard InChI is InChI=1S/C12H16BrNO.ClH/c1-15-9-5-6-11(13)10(8-9)12-4-2-3-7-14-12;/h5-6,8,12,14H,2-4,7H2,1H3;1H/t12-;/m0./s1. The monoisotopic (exact) mass is 305 g/mol. The van der Waals surface area contributed by atoms with Crippen LogP contribution in [0.3, 0.4) is 0 Å². The average Bonchev–Trinajstić information content (AvgIpc) is 2.31. The Kier molecular flexibility index (Phi) is 5.59. The Labute approximate surface area is 111 Å². The fourth-order valence-corrected chi connectivity index (χ4v) is 2.56. The third kappa shape index (κ3) is 3.12. The van der Waals surface area contributed by atoms with Crippen LogP contribution in [0.15, 0.2) is 22.7 Å². The van der Waals surface area contributed by atoms with E-state index >= 15 is 0 Å². The van der Waals surface area contributed by atoms with Crippen LogP contribution in [0, 0.1) is 0 Å². The lowest BCUT2D eigenvalue weighted by Crippen LogP contribution is -2.27. The molecule has 0 radical (unpaired) electrons. The van der Waals surface area contributed by atoms with Crippen molar-refractivity contribution in [1.82, 2.24) is 5.32 Å². The van der Waals surface area contributed by atoms with Crippen molar-refractivity contribution < 1.29 is 4.74 Å². The average molecular weight is 307 g/mol. The van der Waals surface area contributed by atoms with Crippen molar-refractivity contribution >= 4 is 28.3 Å². The summed E-state index contributed by atoms with van der Waals surface area (Å²) in [6.45, 7) is 1.12. The highest BCUT2D eigenvalue weighted by Crippen LogP contribution is 2.31. The zero-order chi connectivity index (χ0) is 10.7. The molecule has 4 heteroatoms. The van der Waals surface area contributed by atoms with Crippen molar-refractivity contribution in [2.75, 3.05) is 13.7 Å². The van der Waals surface area contributed by atoms with Crippen LogP contribution in [0.2, 0.25) is 0 Å². The minimum atomic E-state index is 0. The smallest absolute Gasteiger partial charge is 0.119 e. The molecule has 0 amide bonds. The minimum Gasteiger partial charge on any atom is -0.497 e. The molecule has 1 heterocycles. The highest BCUT2D eigenvalue weighted by Gasteiger charge is 2.17. The largest absolute Gasteiger partial charge is 0.497 e. The highest BCUT2D eigenvalue weighted by molar-refractivity contribution is 9.10. The molecule has 1 atom stereocenters. The SMILES string of the molecule is COc1ccc(Br)c([C@@H]2CCCCN2)c1.Cl. The highest BCUT2D eigenvalue weighted by atomic mass is 79.9. The number of rotatable bonds is 2. The number of benzene rings is 1. The van der Waals surface area contributed by atoms with Gasteiger partial charge in [0.15, 0.2) is 0 Å². The second kappa shape index (κ2) is 6.48. The normalized spacial score (nSPS) is 20.0. The van der Waals surface area contributed by atoms with Crippen molar-refractivity contribution in [3.63, 3.8) is 0 Å². The lowest BCUT2D eigenvalue weighted by atomic mass is 9.97. The summed E-state index contributed by atoms with van der Waals surface area (Å²) in [7, 11) is 1.71. The first-order valence-corrected chi connectivity index (χ1v) is 6.17. The second-order valence-corrected chi connectivity index (χ2v) is 4.74. The summed E-state index contributed by atoms with van der Waals surface area (Å²) in [5, 5.41) is 3.54. The number of nitrogens with one attached hydrogen (secondary N) is 1. The Morgan fingerprint density at radius 1 is 1.38 bits per heavy atom. The lowest BCUT2D eigenvalue weighted by Gasteiger charge is -2.25. The van der Waals surface area contributed by atoms with Crippen molar-refractivity contribution in [3.05, 3.63) is 28.2 Å². The summed E-state index contributed by atoms with van der Waals surface area (Å²) in [6, 6.07) is 6.64. The Morgan fingerprint density at radius 2 is 2.19 bits per heavy atom. The molecule has 1 aromatic carbocycles. The maximum atomic E-state index is 5.25. The molecule has 0 aromatic heterocycles. The predicted octanol–water partition coefficient (Wildman–Crippen LogP) is 3.69. The maximum absolute atomic E-state index is 5.25. The number of ether oxygens (including phenoxy) is 1. The van der Waals surface area contributed by atoms with Gasteiger partial charge < -0.3 is 10.1 Å². The van der Waals surface area contributed by atoms with Gasteiger partial charge in [-0.2, -0.15) is 0 Å². The van der Waals surface area contributed by atoms with E-state index in [2.05, 4.69) is 33.4 Å². The fraction of sp³-hybridized carbons (Fsp3) is 0.500. The quantitative estimate of drug-likeness (QED) is 0.899. The van der Waals surface area contributed by atoms with Crippen LogP contribution in [0.4, 0.5) is 0 Å². The van der Waals surface area contributed by atoms with Gasteiger partial charge in [-0.3, -0.25) is 0 Å². The molecule has 90 valence electrons. The molecule has 1 fully saturated rings. The molecule has 1 aliphatic rings. The van der Waals surface area contributed by atoms with Gasteiger partial charge in [-0.15, -0.1) is 12.4 Å². The summed E-state index contributed by atoms with van der Waals surface area (Å²) >= 11 is 3.60. The maximum Gasteiger partial charge on any atom is 0.119 e. The van der Waals surface area contributed by atoms with E-state index in [1.807, 2.05) is 6.07 Å². The third-order valence-corrected chi connectivity index (χ3v) is 3.61. The molecule has 0 spiro atoms.